The maximum atomic E-state index is 12.5. The van der Waals surface area contributed by atoms with E-state index >= 15 is 0 Å². The van der Waals surface area contributed by atoms with Gasteiger partial charge < -0.3 is 9.88 Å². The molecule has 0 aliphatic carbocycles. The van der Waals surface area contributed by atoms with E-state index in [9.17, 15) is 4.79 Å². The van der Waals surface area contributed by atoms with Crippen LogP contribution in [0.4, 0.5) is 0 Å². The van der Waals surface area contributed by atoms with Crippen LogP contribution in [0.3, 0.4) is 0 Å². The maximum Gasteiger partial charge on any atom is 0.273 e. The number of amides is 1. The third-order valence-corrected chi connectivity index (χ3v) is 5.95. The standard InChI is InChI=1S/C23H30N6O/c1-15(2)21-17(7-6-12-29-10-4-5-11-29)16(3)26-20(21)13-18-22(27-28-23(18)30)19-8-9-24-14-25-19/h8-9,13-15,26H,4-7,10-12H2,1-3H3,(H,28,30). The Balaban J connectivity index is 1.61. The Bertz CT molecular complexity index is 967. The van der Waals surface area contributed by atoms with Crippen molar-refractivity contribution in [2.24, 2.45) is 5.10 Å². The van der Waals surface area contributed by atoms with E-state index < -0.39 is 0 Å². The molecule has 4 rings (SSSR count). The van der Waals surface area contributed by atoms with Crippen LogP contribution in [-0.2, 0) is 11.2 Å². The van der Waals surface area contributed by atoms with Crippen molar-refractivity contribution in [1.29, 1.82) is 0 Å². The van der Waals surface area contributed by atoms with Gasteiger partial charge in [-0.15, -0.1) is 0 Å². The summed E-state index contributed by atoms with van der Waals surface area (Å²) in [5, 5.41) is 4.20. The summed E-state index contributed by atoms with van der Waals surface area (Å²) in [5.41, 5.74) is 9.15. The van der Waals surface area contributed by atoms with Crippen LogP contribution in [0.2, 0.25) is 0 Å². The minimum Gasteiger partial charge on any atom is -0.359 e. The highest BCUT2D eigenvalue weighted by molar-refractivity contribution is 6.32. The molecule has 30 heavy (non-hydrogen) atoms. The molecule has 1 fully saturated rings. The van der Waals surface area contributed by atoms with Crippen molar-refractivity contribution in [3.8, 4) is 0 Å². The quantitative estimate of drug-likeness (QED) is 0.692. The van der Waals surface area contributed by atoms with E-state index in [0.717, 1.165) is 25.1 Å². The number of rotatable bonds is 7. The van der Waals surface area contributed by atoms with Gasteiger partial charge in [0.1, 0.15) is 12.0 Å². The van der Waals surface area contributed by atoms with Crippen molar-refractivity contribution in [2.75, 3.05) is 19.6 Å². The number of hydrazone groups is 1. The van der Waals surface area contributed by atoms with Gasteiger partial charge in [-0.25, -0.2) is 15.4 Å². The van der Waals surface area contributed by atoms with E-state index in [1.54, 1.807) is 12.3 Å². The first kappa shape index (κ1) is 20.5. The smallest absolute Gasteiger partial charge is 0.273 e. The van der Waals surface area contributed by atoms with Crippen LogP contribution >= 0.6 is 0 Å². The fraction of sp³-hybridized carbons (Fsp3) is 0.478. The Labute approximate surface area is 177 Å². The van der Waals surface area contributed by atoms with Crippen molar-refractivity contribution < 1.29 is 4.79 Å². The average Bonchev–Trinajstić information content (AvgIpc) is 3.44. The maximum absolute atomic E-state index is 12.5. The normalized spacial score (nSPS) is 18.5. The molecule has 2 aliphatic rings. The molecule has 7 heteroatoms. The molecule has 0 atom stereocenters. The lowest BCUT2D eigenvalue weighted by Gasteiger charge is -2.15. The molecule has 2 aromatic heterocycles. The van der Waals surface area contributed by atoms with E-state index in [-0.39, 0.29) is 5.91 Å². The lowest BCUT2D eigenvalue weighted by molar-refractivity contribution is -0.116. The van der Waals surface area contributed by atoms with Crippen LogP contribution in [0.15, 0.2) is 29.3 Å². The van der Waals surface area contributed by atoms with Gasteiger partial charge in [-0.2, -0.15) is 5.10 Å². The number of nitrogens with one attached hydrogen (secondary N) is 2. The Kier molecular flexibility index (Phi) is 6.08. The number of nitrogens with zero attached hydrogens (tertiary/aromatic N) is 4. The largest absolute Gasteiger partial charge is 0.359 e. The van der Waals surface area contributed by atoms with Crippen molar-refractivity contribution in [3.63, 3.8) is 0 Å². The summed E-state index contributed by atoms with van der Waals surface area (Å²) in [7, 11) is 0. The molecular weight excluding hydrogens is 376 g/mol. The zero-order chi connectivity index (χ0) is 21.1. The predicted octanol–water partition coefficient (Wildman–Crippen LogP) is 3.18. The summed E-state index contributed by atoms with van der Waals surface area (Å²) in [4.78, 5) is 26.8. The first-order valence-corrected chi connectivity index (χ1v) is 10.8. The van der Waals surface area contributed by atoms with Crippen LogP contribution in [0.25, 0.3) is 6.08 Å². The molecule has 0 aromatic carbocycles. The van der Waals surface area contributed by atoms with Gasteiger partial charge in [-0.05, 0) is 81.4 Å². The Morgan fingerprint density at radius 3 is 2.77 bits per heavy atom. The van der Waals surface area contributed by atoms with Crippen molar-refractivity contribution >= 4 is 17.7 Å². The Hall–Kier alpha value is -2.80. The SMILES string of the molecule is Cc1[nH]c(C=C2C(=O)NN=C2c2ccncn2)c(C(C)C)c1CCCN1CCCC1. The molecule has 1 saturated heterocycles. The molecule has 2 N–H and O–H groups in total. The molecule has 0 unspecified atom stereocenters. The average molecular weight is 407 g/mol. The zero-order valence-corrected chi connectivity index (χ0v) is 18.0. The van der Waals surface area contributed by atoms with E-state index in [0.29, 0.717) is 22.9 Å². The van der Waals surface area contributed by atoms with Gasteiger partial charge in [0, 0.05) is 17.6 Å². The molecule has 2 aliphatic heterocycles. The molecule has 7 nitrogen and oxygen atoms in total. The van der Waals surface area contributed by atoms with E-state index in [1.165, 1.54) is 49.1 Å². The monoisotopic (exact) mass is 406 g/mol. The number of aromatic nitrogens is 3. The molecule has 0 radical (unpaired) electrons. The minimum absolute atomic E-state index is 0.207. The van der Waals surface area contributed by atoms with Crippen molar-refractivity contribution in [2.45, 2.75) is 52.4 Å². The summed E-state index contributed by atoms with van der Waals surface area (Å²) in [6, 6.07) is 1.76. The highest BCUT2D eigenvalue weighted by Gasteiger charge is 2.26. The van der Waals surface area contributed by atoms with Crippen LogP contribution in [0, 0.1) is 6.92 Å². The molecule has 4 heterocycles. The summed E-state index contributed by atoms with van der Waals surface area (Å²) >= 11 is 0. The third-order valence-electron chi connectivity index (χ3n) is 5.95. The fourth-order valence-electron chi connectivity index (χ4n) is 4.53. The summed E-state index contributed by atoms with van der Waals surface area (Å²) < 4.78 is 0. The second-order valence-electron chi connectivity index (χ2n) is 8.42. The number of aromatic amines is 1. The number of hydrogen-bond donors (Lipinski definition) is 2. The molecule has 0 spiro atoms. The van der Waals surface area contributed by atoms with Gasteiger partial charge in [-0.1, -0.05) is 13.8 Å². The minimum atomic E-state index is -0.207. The van der Waals surface area contributed by atoms with Crippen LogP contribution in [-0.4, -0.2) is 51.1 Å². The molecule has 1 amide bonds. The zero-order valence-electron chi connectivity index (χ0n) is 18.0. The Morgan fingerprint density at radius 1 is 1.27 bits per heavy atom. The predicted molar refractivity (Wildman–Crippen MR) is 118 cm³/mol. The Morgan fingerprint density at radius 2 is 2.07 bits per heavy atom. The first-order chi connectivity index (χ1) is 14.5. The van der Waals surface area contributed by atoms with Gasteiger partial charge in [0.2, 0.25) is 0 Å². The fourth-order valence-corrected chi connectivity index (χ4v) is 4.53. The number of H-pyrrole nitrogens is 1. The van der Waals surface area contributed by atoms with E-state index in [1.807, 2.05) is 6.08 Å². The number of carbonyl (C=O) groups is 1. The van der Waals surface area contributed by atoms with Gasteiger partial charge in [-0.3, -0.25) is 4.79 Å². The highest BCUT2D eigenvalue weighted by atomic mass is 16.2. The van der Waals surface area contributed by atoms with Crippen molar-refractivity contribution in [1.82, 2.24) is 25.3 Å². The molecular formula is C23H30N6O. The molecule has 0 bridgehead atoms. The summed E-state index contributed by atoms with van der Waals surface area (Å²) in [6.45, 7) is 10.2. The van der Waals surface area contributed by atoms with E-state index in [4.69, 9.17) is 0 Å². The van der Waals surface area contributed by atoms with Crippen LogP contribution in [0.1, 0.15) is 67.2 Å². The number of likely N-dealkylation sites (tertiary alicyclic amines) is 1. The van der Waals surface area contributed by atoms with Gasteiger partial charge >= 0.3 is 0 Å². The summed E-state index contributed by atoms with van der Waals surface area (Å²) in [5.74, 6) is 0.147. The van der Waals surface area contributed by atoms with Gasteiger partial charge in [0.15, 0.2) is 0 Å². The number of hydrogen-bond acceptors (Lipinski definition) is 5. The number of aryl methyl sites for hydroxylation is 1. The highest BCUT2D eigenvalue weighted by Crippen LogP contribution is 2.30. The number of carbonyl (C=O) groups excluding carboxylic acids is 1. The topological polar surface area (TPSA) is 86.3 Å². The lowest BCUT2D eigenvalue weighted by atomic mass is 9.93. The third kappa shape index (κ3) is 4.21. The second kappa shape index (κ2) is 8.92. The molecule has 2 aromatic rings. The van der Waals surface area contributed by atoms with E-state index in [2.05, 4.69) is 51.2 Å². The van der Waals surface area contributed by atoms with Gasteiger partial charge in [0.25, 0.3) is 5.91 Å². The first-order valence-electron chi connectivity index (χ1n) is 10.8. The molecule has 158 valence electrons. The van der Waals surface area contributed by atoms with Gasteiger partial charge in [0.05, 0.1) is 11.3 Å². The van der Waals surface area contributed by atoms with Crippen LogP contribution in [0.5, 0.6) is 0 Å². The molecule has 0 saturated carbocycles. The van der Waals surface area contributed by atoms with Crippen molar-refractivity contribution in [3.05, 3.63) is 52.4 Å². The second-order valence-corrected chi connectivity index (χ2v) is 8.42. The lowest BCUT2D eigenvalue weighted by Crippen LogP contribution is -2.20. The van der Waals surface area contributed by atoms with Crippen LogP contribution < -0.4 is 5.43 Å². The summed E-state index contributed by atoms with van der Waals surface area (Å²) in [6.07, 6.45) is 9.91.